The standard InChI is InChI=1S/C17H24ClNO3/c1-4-5-6-11-19(12-13(2)17(21)22-3)16(20)14-7-9-15(18)10-8-14/h7-10,13H,4-6,11-12H2,1-3H3. The van der Waals surface area contributed by atoms with Crippen LogP contribution >= 0.6 is 11.6 Å². The number of nitrogens with zero attached hydrogens (tertiary/aromatic N) is 1. The Balaban J connectivity index is 2.81. The van der Waals surface area contributed by atoms with E-state index in [2.05, 4.69) is 6.92 Å². The molecule has 0 fully saturated rings. The van der Waals surface area contributed by atoms with Gasteiger partial charge in [-0.1, -0.05) is 38.3 Å². The van der Waals surface area contributed by atoms with Gasteiger partial charge in [-0.05, 0) is 30.7 Å². The maximum absolute atomic E-state index is 12.6. The fourth-order valence-electron chi connectivity index (χ4n) is 2.21. The Hall–Kier alpha value is -1.55. The summed E-state index contributed by atoms with van der Waals surface area (Å²) in [6, 6.07) is 6.81. The second-order valence-electron chi connectivity index (χ2n) is 5.39. The van der Waals surface area contributed by atoms with Gasteiger partial charge in [0, 0.05) is 23.7 Å². The van der Waals surface area contributed by atoms with Crippen LogP contribution in [0.1, 0.15) is 43.5 Å². The Morgan fingerprint density at radius 3 is 2.41 bits per heavy atom. The SMILES string of the molecule is CCCCCN(CC(C)C(=O)OC)C(=O)c1ccc(Cl)cc1. The minimum absolute atomic E-state index is 0.0801. The molecule has 122 valence electrons. The molecule has 0 aliphatic heterocycles. The van der Waals surface area contributed by atoms with Gasteiger partial charge < -0.3 is 9.64 Å². The normalized spacial score (nSPS) is 11.8. The van der Waals surface area contributed by atoms with Gasteiger partial charge in [0.05, 0.1) is 13.0 Å². The lowest BCUT2D eigenvalue weighted by atomic mass is 10.1. The molecule has 22 heavy (non-hydrogen) atoms. The van der Waals surface area contributed by atoms with Crippen molar-refractivity contribution in [2.24, 2.45) is 5.92 Å². The summed E-state index contributed by atoms with van der Waals surface area (Å²) >= 11 is 5.86. The summed E-state index contributed by atoms with van der Waals surface area (Å²) in [6.07, 6.45) is 3.05. The van der Waals surface area contributed by atoms with Crippen molar-refractivity contribution >= 4 is 23.5 Å². The van der Waals surface area contributed by atoms with Crippen LogP contribution in [0.25, 0.3) is 0 Å². The average Bonchev–Trinajstić information content (AvgIpc) is 2.53. The van der Waals surface area contributed by atoms with Crippen LogP contribution in [0.5, 0.6) is 0 Å². The van der Waals surface area contributed by atoms with Crippen molar-refractivity contribution in [3.63, 3.8) is 0 Å². The average molecular weight is 326 g/mol. The van der Waals surface area contributed by atoms with E-state index in [0.29, 0.717) is 23.7 Å². The minimum atomic E-state index is -0.345. The minimum Gasteiger partial charge on any atom is -0.469 e. The molecule has 0 spiro atoms. The molecule has 1 atom stereocenters. The number of carbonyl (C=O) groups is 2. The Kier molecular flexibility index (Phi) is 7.96. The van der Waals surface area contributed by atoms with Crippen molar-refractivity contribution in [2.75, 3.05) is 20.2 Å². The summed E-state index contributed by atoms with van der Waals surface area (Å²) in [7, 11) is 1.36. The Labute approximate surface area is 137 Å². The summed E-state index contributed by atoms with van der Waals surface area (Å²) in [5, 5.41) is 0.594. The Bertz CT molecular complexity index is 487. The van der Waals surface area contributed by atoms with E-state index >= 15 is 0 Å². The number of unbranched alkanes of at least 4 members (excludes halogenated alkanes) is 2. The van der Waals surface area contributed by atoms with Gasteiger partial charge in [0.1, 0.15) is 0 Å². The zero-order chi connectivity index (χ0) is 16.5. The molecule has 1 aromatic carbocycles. The van der Waals surface area contributed by atoms with Gasteiger partial charge >= 0.3 is 5.97 Å². The first-order valence-electron chi connectivity index (χ1n) is 7.62. The molecular weight excluding hydrogens is 302 g/mol. The monoisotopic (exact) mass is 325 g/mol. The first-order chi connectivity index (χ1) is 10.5. The van der Waals surface area contributed by atoms with Crippen LogP contribution in [0.2, 0.25) is 5.02 Å². The van der Waals surface area contributed by atoms with Crippen LogP contribution < -0.4 is 0 Å². The van der Waals surface area contributed by atoms with Crippen LogP contribution in [0.3, 0.4) is 0 Å². The van der Waals surface area contributed by atoms with Crippen molar-refractivity contribution in [1.82, 2.24) is 4.90 Å². The molecule has 0 bridgehead atoms. The van der Waals surface area contributed by atoms with E-state index in [-0.39, 0.29) is 17.8 Å². The number of carbonyl (C=O) groups excluding carboxylic acids is 2. The Morgan fingerprint density at radius 2 is 1.86 bits per heavy atom. The van der Waals surface area contributed by atoms with Crippen molar-refractivity contribution in [3.05, 3.63) is 34.9 Å². The molecule has 1 aromatic rings. The number of rotatable bonds is 8. The number of halogens is 1. The molecule has 0 saturated carbocycles. The van der Waals surface area contributed by atoms with E-state index in [0.717, 1.165) is 19.3 Å². The van der Waals surface area contributed by atoms with Crippen LogP contribution in [-0.2, 0) is 9.53 Å². The highest BCUT2D eigenvalue weighted by Gasteiger charge is 2.22. The molecule has 0 aromatic heterocycles. The number of hydrogen-bond acceptors (Lipinski definition) is 3. The van der Waals surface area contributed by atoms with Gasteiger partial charge in [-0.25, -0.2) is 0 Å². The number of benzene rings is 1. The fraction of sp³-hybridized carbons (Fsp3) is 0.529. The molecule has 0 radical (unpaired) electrons. The molecule has 1 rings (SSSR count). The number of hydrogen-bond donors (Lipinski definition) is 0. The van der Waals surface area contributed by atoms with Crippen LogP contribution in [-0.4, -0.2) is 37.0 Å². The molecule has 4 nitrogen and oxygen atoms in total. The van der Waals surface area contributed by atoms with Crippen molar-refractivity contribution in [1.29, 1.82) is 0 Å². The van der Waals surface area contributed by atoms with Gasteiger partial charge in [-0.15, -0.1) is 0 Å². The number of amides is 1. The highest BCUT2D eigenvalue weighted by atomic mass is 35.5. The highest BCUT2D eigenvalue weighted by molar-refractivity contribution is 6.30. The van der Waals surface area contributed by atoms with E-state index in [1.807, 2.05) is 0 Å². The third-order valence-electron chi connectivity index (χ3n) is 3.51. The third-order valence-corrected chi connectivity index (χ3v) is 3.76. The van der Waals surface area contributed by atoms with Crippen molar-refractivity contribution in [3.8, 4) is 0 Å². The van der Waals surface area contributed by atoms with Crippen LogP contribution in [0.15, 0.2) is 24.3 Å². The third kappa shape index (κ3) is 5.68. The van der Waals surface area contributed by atoms with Crippen molar-refractivity contribution in [2.45, 2.75) is 33.1 Å². The Morgan fingerprint density at radius 1 is 1.23 bits per heavy atom. The molecule has 5 heteroatoms. The summed E-state index contributed by atoms with van der Waals surface area (Å²) in [6.45, 7) is 4.88. The molecule has 0 heterocycles. The fourth-order valence-corrected chi connectivity index (χ4v) is 2.34. The number of methoxy groups -OCH3 is 1. The molecule has 1 unspecified atom stereocenters. The van der Waals surface area contributed by atoms with Crippen LogP contribution in [0, 0.1) is 5.92 Å². The topological polar surface area (TPSA) is 46.6 Å². The molecule has 0 N–H and O–H groups in total. The summed E-state index contributed by atoms with van der Waals surface area (Å²) in [4.78, 5) is 26.0. The van der Waals surface area contributed by atoms with Crippen LogP contribution in [0.4, 0.5) is 0 Å². The zero-order valence-corrected chi connectivity index (χ0v) is 14.2. The summed E-state index contributed by atoms with van der Waals surface area (Å²) in [5.74, 6) is -0.726. The first kappa shape index (κ1) is 18.5. The number of esters is 1. The lowest BCUT2D eigenvalue weighted by molar-refractivity contribution is -0.145. The molecule has 1 amide bonds. The van der Waals surface area contributed by atoms with Gasteiger partial charge in [-0.3, -0.25) is 9.59 Å². The van der Waals surface area contributed by atoms with E-state index in [1.165, 1.54) is 7.11 Å². The molecule has 0 aliphatic rings. The summed E-state index contributed by atoms with van der Waals surface area (Å²) < 4.78 is 4.75. The lowest BCUT2D eigenvalue weighted by Crippen LogP contribution is -2.38. The van der Waals surface area contributed by atoms with Crippen molar-refractivity contribution < 1.29 is 14.3 Å². The number of ether oxygens (including phenoxy) is 1. The molecule has 0 saturated heterocycles. The zero-order valence-electron chi connectivity index (χ0n) is 13.5. The van der Waals surface area contributed by atoms with E-state index in [4.69, 9.17) is 16.3 Å². The molecular formula is C17H24ClNO3. The van der Waals surface area contributed by atoms with E-state index < -0.39 is 0 Å². The first-order valence-corrected chi connectivity index (χ1v) is 8.00. The van der Waals surface area contributed by atoms with Gasteiger partial charge in [0.25, 0.3) is 5.91 Å². The van der Waals surface area contributed by atoms with Gasteiger partial charge in [-0.2, -0.15) is 0 Å². The lowest BCUT2D eigenvalue weighted by Gasteiger charge is -2.25. The van der Waals surface area contributed by atoms with Gasteiger partial charge in [0.15, 0.2) is 0 Å². The van der Waals surface area contributed by atoms with Gasteiger partial charge in [0.2, 0.25) is 0 Å². The quantitative estimate of drug-likeness (QED) is 0.539. The second-order valence-corrected chi connectivity index (χ2v) is 5.83. The predicted molar refractivity (Wildman–Crippen MR) is 88.1 cm³/mol. The maximum atomic E-state index is 12.6. The smallest absolute Gasteiger partial charge is 0.310 e. The second kappa shape index (κ2) is 9.46. The summed E-state index contributed by atoms with van der Waals surface area (Å²) in [5.41, 5.74) is 0.581. The van der Waals surface area contributed by atoms with E-state index in [1.54, 1.807) is 36.1 Å². The largest absolute Gasteiger partial charge is 0.469 e. The molecule has 0 aliphatic carbocycles. The van der Waals surface area contributed by atoms with E-state index in [9.17, 15) is 9.59 Å². The predicted octanol–water partition coefficient (Wildman–Crippen LogP) is 3.78. The maximum Gasteiger partial charge on any atom is 0.310 e. The highest BCUT2D eigenvalue weighted by Crippen LogP contribution is 2.14.